The highest BCUT2D eigenvalue weighted by Crippen LogP contribution is 2.23. The summed E-state index contributed by atoms with van der Waals surface area (Å²) in [7, 11) is 0. The highest BCUT2D eigenvalue weighted by atomic mass is 79.9. The van der Waals surface area contributed by atoms with Gasteiger partial charge >= 0.3 is 6.15 Å². The van der Waals surface area contributed by atoms with Gasteiger partial charge in [-0.15, -0.1) is 0 Å². The summed E-state index contributed by atoms with van der Waals surface area (Å²) >= 11 is 3.45. The van der Waals surface area contributed by atoms with Crippen molar-refractivity contribution in [2.24, 2.45) is 0 Å². The molecule has 2 aromatic heterocycles. The van der Waals surface area contributed by atoms with Gasteiger partial charge in [0.25, 0.3) is 11.1 Å². The molecule has 2 aliphatic rings. The van der Waals surface area contributed by atoms with Crippen molar-refractivity contribution in [2.45, 2.75) is 65.7 Å². The molecule has 10 nitrogen and oxygen atoms in total. The Kier molecular flexibility index (Phi) is 12.2. The highest BCUT2D eigenvalue weighted by molar-refractivity contribution is 9.10. The monoisotopic (exact) mass is 668 g/mol. The topological polar surface area (TPSA) is 115 Å². The SMILES string of the molecule is CCCCc1ccc2c(C)cc(=O)n(CC3OCCO3)c2c1.Cc1cc(=O)n(CC2OCCO2)c2cc(Br)ccc12.O=C=O. The molecule has 0 bridgehead atoms. The smallest absolute Gasteiger partial charge is 0.348 e. The predicted molar refractivity (Wildman–Crippen MR) is 169 cm³/mol. The number of ether oxygens (including phenoxy) is 4. The number of rotatable bonds is 7. The average Bonchev–Trinajstić information content (AvgIpc) is 3.71. The van der Waals surface area contributed by atoms with Crippen LogP contribution in [-0.2, 0) is 48.0 Å². The molecule has 2 fully saturated rings. The van der Waals surface area contributed by atoms with Crippen LogP contribution in [0.15, 0.2) is 62.6 Å². The third-order valence-corrected chi connectivity index (χ3v) is 8.02. The molecule has 2 aliphatic heterocycles. The molecule has 0 amide bonds. The Morgan fingerprint density at radius 2 is 1.20 bits per heavy atom. The quantitative estimate of drug-likeness (QED) is 0.274. The van der Waals surface area contributed by atoms with E-state index in [1.807, 2.05) is 32.0 Å². The van der Waals surface area contributed by atoms with Crippen LogP contribution in [0.25, 0.3) is 21.8 Å². The van der Waals surface area contributed by atoms with Gasteiger partial charge in [0.15, 0.2) is 12.6 Å². The van der Waals surface area contributed by atoms with Gasteiger partial charge in [-0.05, 0) is 61.6 Å². The van der Waals surface area contributed by atoms with Gasteiger partial charge in [0.05, 0.1) is 50.6 Å². The molecule has 0 unspecified atom stereocenters. The van der Waals surface area contributed by atoms with Crippen LogP contribution in [-0.4, -0.2) is 54.3 Å². The Bertz CT molecular complexity index is 1730. The summed E-state index contributed by atoms with van der Waals surface area (Å²) in [6.45, 7) is 9.39. The first kappa shape index (κ1) is 33.5. The molecule has 234 valence electrons. The van der Waals surface area contributed by atoms with Crippen molar-refractivity contribution < 1.29 is 28.5 Å². The molecule has 4 aromatic rings. The van der Waals surface area contributed by atoms with E-state index in [2.05, 4.69) is 41.1 Å². The van der Waals surface area contributed by atoms with Crippen molar-refractivity contribution in [3.05, 3.63) is 90.4 Å². The lowest BCUT2D eigenvalue weighted by Gasteiger charge is -2.16. The molecule has 2 saturated heterocycles. The standard InChI is InChI=1S/C18H23NO3.C14H14BrNO3.CO2/c1-3-4-5-14-6-7-15-13(2)10-17(20)19(16(15)11-14)12-18-21-8-9-22-18;1-9-6-13(17)16(8-14-18-4-5-19-14)12-7-10(15)2-3-11(9)12;2-1-3/h6-7,10-11,18H,3-5,8-9,12H2,1-2H3;2-3,6-7,14H,4-5,8H2,1H3;. The van der Waals surface area contributed by atoms with Gasteiger partial charge in [-0.2, -0.15) is 9.59 Å². The zero-order valence-electron chi connectivity index (χ0n) is 25.2. The third kappa shape index (κ3) is 8.38. The number of aromatic nitrogens is 2. The molecule has 0 atom stereocenters. The van der Waals surface area contributed by atoms with Crippen LogP contribution in [0.3, 0.4) is 0 Å². The molecule has 0 saturated carbocycles. The zero-order chi connectivity index (χ0) is 31.6. The summed E-state index contributed by atoms with van der Waals surface area (Å²) in [5.74, 6) is 0. The summed E-state index contributed by atoms with van der Waals surface area (Å²) in [5.41, 5.74) is 5.15. The number of hydrogen-bond donors (Lipinski definition) is 0. The van der Waals surface area contributed by atoms with E-state index >= 15 is 0 Å². The normalized spacial score (nSPS) is 15.1. The first-order chi connectivity index (χ1) is 21.2. The maximum absolute atomic E-state index is 12.4. The second-order valence-corrected chi connectivity index (χ2v) is 11.5. The van der Waals surface area contributed by atoms with Crippen LogP contribution in [0, 0.1) is 13.8 Å². The van der Waals surface area contributed by atoms with Crippen molar-refractivity contribution in [2.75, 3.05) is 26.4 Å². The fourth-order valence-electron chi connectivity index (χ4n) is 5.35. The molecule has 4 heterocycles. The van der Waals surface area contributed by atoms with Gasteiger partial charge in [-0.25, -0.2) is 0 Å². The van der Waals surface area contributed by atoms with Crippen molar-refractivity contribution >= 4 is 43.9 Å². The number of halogens is 1. The van der Waals surface area contributed by atoms with Crippen LogP contribution < -0.4 is 11.1 Å². The van der Waals surface area contributed by atoms with E-state index in [1.165, 1.54) is 12.0 Å². The maximum Gasteiger partial charge on any atom is 0.373 e. The van der Waals surface area contributed by atoms with E-state index in [0.717, 1.165) is 50.2 Å². The molecule has 0 radical (unpaired) electrons. The van der Waals surface area contributed by atoms with Gasteiger partial charge in [-0.1, -0.05) is 47.5 Å². The Morgan fingerprint density at radius 3 is 1.68 bits per heavy atom. The van der Waals surface area contributed by atoms with Gasteiger partial charge in [0, 0.05) is 27.4 Å². The first-order valence-electron chi connectivity index (χ1n) is 14.6. The molecule has 44 heavy (non-hydrogen) atoms. The molecular formula is C33H37BrN2O8. The Balaban J connectivity index is 0.000000186. The number of pyridine rings is 2. The maximum atomic E-state index is 12.4. The highest BCUT2D eigenvalue weighted by Gasteiger charge is 2.20. The summed E-state index contributed by atoms with van der Waals surface area (Å²) in [6.07, 6.45) is 2.98. The predicted octanol–water partition coefficient (Wildman–Crippen LogP) is 4.89. The lowest BCUT2D eigenvalue weighted by atomic mass is 10.0. The first-order valence-corrected chi connectivity index (χ1v) is 15.4. The molecule has 11 heteroatoms. The number of hydrogen-bond acceptors (Lipinski definition) is 8. The van der Waals surface area contributed by atoms with Crippen molar-refractivity contribution in [1.82, 2.24) is 9.13 Å². The second-order valence-electron chi connectivity index (χ2n) is 10.6. The summed E-state index contributed by atoms with van der Waals surface area (Å²) < 4.78 is 26.3. The second kappa shape index (κ2) is 16.0. The van der Waals surface area contributed by atoms with E-state index in [4.69, 9.17) is 28.5 Å². The average molecular weight is 670 g/mol. The van der Waals surface area contributed by atoms with E-state index in [1.54, 1.807) is 21.3 Å². The largest absolute Gasteiger partial charge is 0.373 e. The van der Waals surface area contributed by atoms with E-state index < -0.39 is 0 Å². The van der Waals surface area contributed by atoms with Crippen molar-refractivity contribution in [3.63, 3.8) is 0 Å². The molecule has 0 aliphatic carbocycles. The van der Waals surface area contributed by atoms with Crippen molar-refractivity contribution in [1.29, 1.82) is 0 Å². The lowest BCUT2D eigenvalue weighted by molar-refractivity contribution is -0.191. The minimum absolute atomic E-state index is 0.0109. The van der Waals surface area contributed by atoms with E-state index in [9.17, 15) is 9.59 Å². The summed E-state index contributed by atoms with van der Waals surface area (Å²) in [6, 6.07) is 15.7. The summed E-state index contributed by atoms with van der Waals surface area (Å²) in [5, 5.41) is 2.19. The summed E-state index contributed by atoms with van der Waals surface area (Å²) in [4.78, 5) is 40.9. The van der Waals surface area contributed by atoms with Gasteiger partial charge < -0.3 is 28.1 Å². The van der Waals surface area contributed by atoms with Crippen LogP contribution in [0.2, 0.25) is 0 Å². The fourth-order valence-corrected chi connectivity index (χ4v) is 5.70. The van der Waals surface area contributed by atoms with Crippen LogP contribution in [0.5, 0.6) is 0 Å². The number of aryl methyl sites for hydroxylation is 3. The Hall–Kier alpha value is -3.44. The van der Waals surface area contributed by atoms with Crippen LogP contribution in [0.1, 0.15) is 36.5 Å². The van der Waals surface area contributed by atoms with Gasteiger partial charge in [0.2, 0.25) is 0 Å². The van der Waals surface area contributed by atoms with E-state index in [-0.39, 0.29) is 29.9 Å². The minimum Gasteiger partial charge on any atom is -0.348 e. The van der Waals surface area contributed by atoms with Crippen molar-refractivity contribution in [3.8, 4) is 0 Å². The molecule has 6 rings (SSSR count). The third-order valence-electron chi connectivity index (χ3n) is 7.53. The minimum atomic E-state index is -0.331. The fraction of sp³-hybridized carbons (Fsp3) is 0.424. The van der Waals surface area contributed by atoms with Crippen LogP contribution >= 0.6 is 15.9 Å². The van der Waals surface area contributed by atoms with Crippen LogP contribution in [0.4, 0.5) is 0 Å². The molecule has 0 spiro atoms. The zero-order valence-corrected chi connectivity index (χ0v) is 26.8. The molecule has 0 N–H and O–H groups in total. The molecule has 2 aromatic carbocycles. The van der Waals surface area contributed by atoms with E-state index in [0.29, 0.717) is 39.5 Å². The lowest BCUT2D eigenvalue weighted by Crippen LogP contribution is -2.27. The number of unbranched alkanes of at least 4 members (excludes halogenated alkanes) is 1. The Morgan fingerprint density at radius 1 is 0.750 bits per heavy atom. The Labute approximate surface area is 263 Å². The molecular weight excluding hydrogens is 632 g/mol. The number of fused-ring (bicyclic) bond motifs is 2. The number of benzene rings is 2. The van der Waals surface area contributed by atoms with Gasteiger partial charge in [0.1, 0.15) is 0 Å². The number of carbonyl (C=O) groups excluding carboxylic acids is 2. The van der Waals surface area contributed by atoms with Gasteiger partial charge in [-0.3, -0.25) is 9.59 Å². The number of nitrogens with zero attached hydrogens (tertiary/aromatic N) is 2.